The second-order valence-corrected chi connectivity index (χ2v) is 11.6. The van der Waals surface area contributed by atoms with E-state index in [1.54, 1.807) is 0 Å². The van der Waals surface area contributed by atoms with E-state index in [2.05, 4.69) is 178 Å². The third kappa shape index (κ3) is 6.35. The van der Waals surface area contributed by atoms with E-state index in [9.17, 15) is 0 Å². The van der Waals surface area contributed by atoms with E-state index in [0.29, 0.717) is 0 Å². The number of hydrogen-bond donors (Lipinski definition) is 0. The Morgan fingerprint density at radius 1 is 0.644 bits per heavy atom. The smallest absolute Gasteiger partial charge is 0.0708 e. The van der Waals surface area contributed by atoms with Gasteiger partial charge in [-0.25, -0.2) is 0 Å². The van der Waals surface area contributed by atoms with Crippen LogP contribution < -0.4 is 10.4 Å². The van der Waals surface area contributed by atoms with Crippen molar-refractivity contribution in [2.45, 2.75) is 27.7 Å². The van der Waals surface area contributed by atoms with Gasteiger partial charge in [0.05, 0.1) is 5.69 Å². The van der Waals surface area contributed by atoms with Crippen molar-refractivity contribution in [3.8, 4) is 22.4 Å². The Labute approximate surface area is 267 Å². The minimum Gasteiger partial charge on any atom is -0.256 e. The molecule has 1 aromatic heterocycles. The molecule has 0 saturated heterocycles. The molecule has 1 atom stereocenters. The Kier molecular flexibility index (Phi) is 8.99. The third-order valence-corrected chi connectivity index (χ3v) is 8.66. The lowest BCUT2D eigenvalue weighted by Crippen LogP contribution is -2.30. The van der Waals surface area contributed by atoms with Gasteiger partial charge in [-0.15, -0.1) is 0 Å². The van der Waals surface area contributed by atoms with Gasteiger partial charge in [0.25, 0.3) is 0 Å². The molecule has 0 aliphatic carbocycles. The Hall–Kier alpha value is -5.27. The zero-order chi connectivity index (χ0) is 31.2. The number of aryl methyl sites for hydroxylation is 1. The predicted molar refractivity (Wildman–Crippen MR) is 193 cm³/mol. The van der Waals surface area contributed by atoms with E-state index in [1.807, 2.05) is 12.3 Å². The summed E-state index contributed by atoms with van der Waals surface area (Å²) in [6, 6.07) is 45.8. The van der Waals surface area contributed by atoms with Crippen LogP contribution in [0.1, 0.15) is 37.5 Å². The monoisotopic (exact) mass is 581 g/mol. The van der Waals surface area contributed by atoms with Crippen molar-refractivity contribution in [1.82, 2.24) is 4.98 Å². The fourth-order valence-corrected chi connectivity index (χ4v) is 6.31. The molecule has 0 N–H and O–H groups in total. The highest BCUT2D eigenvalue weighted by atomic mass is 14.7. The Bertz CT molecular complexity index is 2150. The summed E-state index contributed by atoms with van der Waals surface area (Å²) in [5.74, 6) is 0.178. The van der Waals surface area contributed by atoms with Gasteiger partial charge in [0, 0.05) is 17.7 Å². The molecule has 0 radical (unpaired) electrons. The summed E-state index contributed by atoms with van der Waals surface area (Å²) in [5.41, 5.74) is 10.8. The van der Waals surface area contributed by atoms with E-state index in [1.165, 1.54) is 54.6 Å². The van der Waals surface area contributed by atoms with Crippen LogP contribution in [0.4, 0.5) is 0 Å². The number of fused-ring (bicyclic) bond motifs is 1. The number of rotatable bonds is 7. The van der Waals surface area contributed by atoms with Crippen molar-refractivity contribution in [1.29, 1.82) is 0 Å². The largest absolute Gasteiger partial charge is 0.256 e. The van der Waals surface area contributed by atoms with Crippen LogP contribution in [0.25, 0.3) is 44.3 Å². The van der Waals surface area contributed by atoms with Crippen LogP contribution in [0.3, 0.4) is 0 Å². The third-order valence-electron chi connectivity index (χ3n) is 8.66. The first-order valence-corrected chi connectivity index (χ1v) is 15.8. The maximum atomic E-state index is 4.67. The lowest BCUT2D eigenvalue weighted by molar-refractivity contribution is 0.955. The lowest BCUT2D eigenvalue weighted by Gasteiger charge is -2.17. The summed E-state index contributed by atoms with van der Waals surface area (Å²) in [6.07, 6.45) is 10.6. The van der Waals surface area contributed by atoms with Crippen LogP contribution in [-0.4, -0.2) is 4.98 Å². The molecule has 0 saturated carbocycles. The summed E-state index contributed by atoms with van der Waals surface area (Å²) >= 11 is 0. The summed E-state index contributed by atoms with van der Waals surface area (Å²) < 4.78 is 0. The van der Waals surface area contributed by atoms with Gasteiger partial charge >= 0.3 is 0 Å². The first-order valence-electron chi connectivity index (χ1n) is 15.8. The van der Waals surface area contributed by atoms with Gasteiger partial charge in [0.1, 0.15) is 0 Å². The molecule has 220 valence electrons. The number of hydrogen-bond acceptors (Lipinski definition) is 1. The molecule has 6 aromatic rings. The van der Waals surface area contributed by atoms with Gasteiger partial charge in [0.15, 0.2) is 0 Å². The van der Waals surface area contributed by atoms with Crippen molar-refractivity contribution in [3.63, 3.8) is 0 Å². The van der Waals surface area contributed by atoms with Crippen LogP contribution in [-0.2, 0) is 0 Å². The molecule has 6 rings (SSSR count). The van der Waals surface area contributed by atoms with Crippen molar-refractivity contribution >= 4 is 21.9 Å². The number of allylic oxidation sites excluding steroid dienone is 4. The highest BCUT2D eigenvalue weighted by molar-refractivity contribution is 5.95. The summed E-state index contributed by atoms with van der Waals surface area (Å²) in [4.78, 5) is 4.67. The van der Waals surface area contributed by atoms with Gasteiger partial charge in [-0.05, 0) is 99.1 Å². The SMILES string of the molecule is C/C=C\C=C/C(C)/C(c1cccc(-c2ccnc(-c3ccccc3)c2)c1)=c1/cccc/c1=C(/C)c1ccc(C)c2ccccc12. The molecule has 0 bridgehead atoms. The van der Waals surface area contributed by atoms with Crippen molar-refractivity contribution < 1.29 is 0 Å². The summed E-state index contributed by atoms with van der Waals surface area (Å²) in [6.45, 7) is 8.82. The van der Waals surface area contributed by atoms with Gasteiger partial charge in [-0.1, -0.05) is 140 Å². The van der Waals surface area contributed by atoms with E-state index < -0.39 is 0 Å². The molecular weight excluding hydrogens is 542 g/mol. The minimum atomic E-state index is 0.178. The zero-order valence-corrected chi connectivity index (χ0v) is 26.5. The number of pyridine rings is 1. The average molecular weight is 582 g/mol. The minimum absolute atomic E-state index is 0.178. The fourth-order valence-electron chi connectivity index (χ4n) is 6.31. The lowest BCUT2D eigenvalue weighted by atomic mass is 9.87. The molecule has 1 unspecified atom stereocenters. The Morgan fingerprint density at radius 2 is 1.33 bits per heavy atom. The standard InChI is InChI=1S/C44H39N/c1-5-6-8-16-32(3)44(37-20-15-19-35(29-37)36-27-28-45-43(30-36)34-17-9-7-10-18-34)42-24-14-12-22-39(42)33(4)40-26-25-31(2)38-21-11-13-23-41(38)40/h5-30,32H,1-4H3/b6-5-,16-8-,39-33+,44-42+. The fraction of sp³-hybridized carbons (Fsp3) is 0.114. The summed E-state index contributed by atoms with van der Waals surface area (Å²) in [7, 11) is 0. The Morgan fingerprint density at radius 3 is 2.13 bits per heavy atom. The van der Waals surface area contributed by atoms with E-state index in [4.69, 9.17) is 0 Å². The normalized spacial score (nSPS) is 13.8. The van der Waals surface area contributed by atoms with Gasteiger partial charge in [-0.3, -0.25) is 4.98 Å². The molecule has 0 spiro atoms. The molecule has 1 heterocycles. The van der Waals surface area contributed by atoms with Gasteiger partial charge in [-0.2, -0.15) is 0 Å². The maximum absolute atomic E-state index is 4.67. The highest BCUT2D eigenvalue weighted by Gasteiger charge is 2.14. The van der Waals surface area contributed by atoms with Crippen molar-refractivity contribution in [2.75, 3.05) is 0 Å². The van der Waals surface area contributed by atoms with Crippen LogP contribution in [0.2, 0.25) is 0 Å². The van der Waals surface area contributed by atoms with Crippen LogP contribution in [0, 0.1) is 12.8 Å². The number of benzene rings is 5. The molecule has 0 fully saturated rings. The summed E-state index contributed by atoms with van der Waals surface area (Å²) in [5, 5.41) is 5.11. The van der Waals surface area contributed by atoms with E-state index in [0.717, 1.165) is 16.8 Å². The van der Waals surface area contributed by atoms with E-state index in [-0.39, 0.29) is 5.92 Å². The van der Waals surface area contributed by atoms with E-state index >= 15 is 0 Å². The molecule has 45 heavy (non-hydrogen) atoms. The van der Waals surface area contributed by atoms with Crippen LogP contribution >= 0.6 is 0 Å². The molecule has 0 aliphatic rings. The quantitative estimate of drug-likeness (QED) is 0.171. The van der Waals surface area contributed by atoms with Crippen molar-refractivity contribution in [3.05, 3.63) is 185 Å². The molecule has 1 heteroatoms. The molecular formula is C44H39N. The highest BCUT2D eigenvalue weighted by Crippen LogP contribution is 2.30. The zero-order valence-electron chi connectivity index (χ0n) is 26.5. The van der Waals surface area contributed by atoms with Gasteiger partial charge < -0.3 is 0 Å². The first kappa shape index (κ1) is 29.8. The second kappa shape index (κ2) is 13.6. The van der Waals surface area contributed by atoms with Crippen LogP contribution in [0.15, 0.2) is 158 Å². The number of nitrogens with zero attached hydrogens (tertiary/aromatic N) is 1. The van der Waals surface area contributed by atoms with Gasteiger partial charge in [0.2, 0.25) is 0 Å². The predicted octanol–water partition coefficient (Wildman–Crippen LogP) is 10.1. The van der Waals surface area contributed by atoms with Crippen molar-refractivity contribution in [2.24, 2.45) is 5.92 Å². The molecule has 5 aromatic carbocycles. The second-order valence-electron chi connectivity index (χ2n) is 11.6. The first-order chi connectivity index (χ1) is 22.0. The molecule has 1 nitrogen and oxygen atoms in total. The molecule has 0 amide bonds. The maximum Gasteiger partial charge on any atom is 0.0708 e. The topological polar surface area (TPSA) is 12.9 Å². The number of aromatic nitrogens is 1. The Balaban J connectivity index is 1.60. The average Bonchev–Trinajstić information content (AvgIpc) is 3.09. The molecule has 0 aliphatic heterocycles. The van der Waals surface area contributed by atoms with Crippen LogP contribution in [0.5, 0.6) is 0 Å².